The molecule has 0 aromatic heterocycles. The van der Waals surface area contributed by atoms with Crippen molar-refractivity contribution in [3.8, 4) is 0 Å². The van der Waals surface area contributed by atoms with E-state index in [1.807, 2.05) is 20.8 Å². The third-order valence-electron chi connectivity index (χ3n) is 14.8. The first-order chi connectivity index (χ1) is 49.4. The molecule has 2 unspecified atom stereocenters. The van der Waals surface area contributed by atoms with E-state index in [1.165, 1.54) is 30.3 Å². The molecule has 2 aliphatic carbocycles. The maximum atomic E-state index is 14.3. The zero-order chi connectivity index (χ0) is 78.1. The Labute approximate surface area is 642 Å². The third-order valence-corrected chi connectivity index (χ3v) is 17.2. The van der Waals surface area contributed by atoms with Crippen molar-refractivity contribution in [2.45, 2.75) is 147 Å². The van der Waals surface area contributed by atoms with E-state index in [9.17, 15) is 80.3 Å². The molecule has 0 aliphatic heterocycles. The van der Waals surface area contributed by atoms with Gasteiger partial charge in [-0.1, -0.05) is 36.2 Å². The van der Waals surface area contributed by atoms with Gasteiger partial charge in [-0.2, -0.15) is 0 Å². The second-order valence-corrected chi connectivity index (χ2v) is 24.8. The van der Waals surface area contributed by atoms with Crippen LogP contribution in [0.2, 0.25) is 5.02 Å². The molecule has 0 amide bonds. The number of hydrogen-bond acceptors (Lipinski definition) is 11. The number of ketones is 1. The summed E-state index contributed by atoms with van der Waals surface area (Å²) in [5.41, 5.74) is 0.539. The Morgan fingerprint density at radius 2 is 1.08 bits per heavy atom. The van der Waals surface area contributed by atoms with Crippen LogP contribution >= 0.6 is 11.6 Å². The fourth-order valence-corrected chi connectivity index (χ4v) is 11.9. The van der Waals surface area contributed by atoms with Crippen LogP contribution < -0.4 is 17.0 Å². The number of Topliss-reactive ketones (excluding diaryl/α,β-unsaturated/α-hetero) is 1. The average molecular weight is 1610 g/mol. The van der Waals surface area contributed by atoms with Gasteiger partial charge in [0.2, 0.25) is 0 Å². The Hall–Kier alpha value is -7.47. The normalized spacial score (nSPS) is 12.9. The Morgan fingerprint density at radius 1 is 0.613 bits per heavy atom. The number of benzene rings is 7. The number of carboxylic acids is 1. The zero-order valence-electron chi connectivity index (χ0n) is 59.1. The number of aliphatic hydroxyl groups excluding tert-OH is 1. The molecule has 7 aromatic carbocycles. The number of aliphatic carboxylic acids is 1. The van der Waals surface area contributed by atoms with Gasteiger partial charge in [-0.05, 0) is 224 Å². The van der Waals surface area contributed by atoms with Gasteiger partial charge in [0.25, 0.3) is 5.97 Å². The second kappa shape index (κ2) is 52.5. The van der Waals surface area contributed by atoms with Crippen molar-refractivity contribution in [3.05, 3.63) is 273 Å². The number of carbonyl (C=O) groups excluding carboxylic acids is 3. The van der Waals surface area contributed by atoms with Crippen LogP contribution in [0.3, 0.4) is 0 Å². The molecule has 0 bridgehead atoms. The minimum absolute atomic E-state index is 0. The van der Waals surface area contributed by atoms with Crippen LogP contribution in [0.5, 0.6) is 0 Å². The number of aryl methyl sites for hydroxylation is 1. The van der Waals surface area contributed by atoms with Gasteiger partial charge < -0.3 is 52.7 Å². The van der Waals surface area contributed by atoms with Crippen LogP contribution in [0.25, 0.3) is 6.08 Å². The van der Waals surface area contributed by atoms with Crippen molar-refractivity contribution >= 4 is 74.6 Å². The van der Waals surface area contributed by atoms with Gasteiger partial charge in [-0.25, -0.2) is 61.1 Å². The number of aldehydes is 1. The molecule has 2 aliphatic rings. The molecule has 0 fully saturated rings. The molecule has 0 spiro atoms. The zero-order valence-corrected chi connectivity index (χ0v) is 63.7. The third kappa shape index (κ3) is 34.6. The smallest absolute Gasteiger partial charge is 1.00 e. The Bertz CT molecular complexity index is 4010. The number of esters is 1. The maximum Gasteiger partial charge on any atom is 2.00 e. The van der Waals surface area contributed by atoms with Crippen LogP contribution in [0.4, 0.5) is 52.7 Å². The topological polar surface area (TPSA) is 180 Å². The molecule has 106 heavy (non-hydrogen) atoms. The first-order valence-electron chi connectivity index (χ1n) is 32.8. The van der Waals surface area contributed by atoms with Gasteiger partial charge in [0, 0.05) is 73.3 Å². The summed E-state index contributed by atoms with van der Waals surface area (Å²) in [7, 11) is -3.82. The second-order valence-electron chi connectivity index (χ2n) is 22.2. The number of allylic oxidation sites excluding steroid dienone is 1. The van der Waals surface area contributed by atoms with E-state index in [1.54, 1.807) is 19.9 Å². The predicted molar refractivity (Wildman–Crippen MR) is 379 cm³/mol. The molecule has 9 rings (SSSR count). The standard InChI is InChI=1S/C17H15ClF2O2S.C13H14F2O2.C11H12F2O2.C11H10F2O.C9H8F2O.C8H18O3.C7H4F2O.C2H3.BrH.Mg/c18-11-5-7-12(8-6-11)23(21,22)16-4-2-1-3-13-14(19)9-10-15(20)17(13)16;1-2-17-13(16)6-4-3-5-10-9-11(14)7-8-12(10)15;12-9-5-6-10(13)8(7-9)3-1-2-4-11(14)15;12-8-5-6-9(13)11-7(8)3-1-2-4-10(11)14;1-2-9(12)7-5-6(10)3-4-8(7)11;1-5-9-8(4,10-6-2)11-7-3;8-6-1-2-7(9)5(3-6)4-10;1-2;;/h5-10,16H,1-4H2;3,5,7-9H,2,4,6H2,1H3;5-7H,1-4H2,(H,14,15);5-6H,1-4H2;2-5,9,12H,1H2;5-7H2,1-4H3;1-4H;1H,2H2;1H;/q;;;;;;;-1;;+2/p-1/b;5-3+;;;;;;;;. The van der Waals surface area contributed by atoms with Crippen molar-refractivity contribution in [1.82, 2.24) is 0 Å². The summed E-state index contributed by atoms with van der Waals surface area (Å²) >= 11 is 5.80. The van der Waals surface area contributed by atoms with Crippen molar-refractivity contribution in [1.29, 1.82) is 0 Å². The predicted octanol–water partition coefficient (Wildman–Crippen LogP) is 16.8. The molecule has 7 aromatic rings. The summed E-state index contributed by atoms with van der Waals surface area (Å²) in [5.74, 6) is -8.93. The molecule has 574 valence electrons. The first-order valence-corrected chi connectivity index (χ1v) is 34.7. The first kappa shape index (κ1) is 98.5. The summed E-state index contributed by atoms with van der Waals surface area (Å²) in [4.78, 5) is 42.7. The number of hydrogen-bond donors (Lipinski definition) is 2. The summed E-state index contributed by atoms with van der Waals surface area (Å²) < 4.78 is 203. The van der Waals surface area contributed by atoms with Gasteiger partial charge in [0.05, 0.1) is 34.0 Å². The molecular weight excluding hydrogens is 1530 g/mol. The number of aliphatic hydroxyl groups is 1. The van der Waals surface area contributed by atoms with E-state index in [-0.39, 0.29) is 121 Å². The molecule has 0 saturated heterocycles. The van der Waals surface area contributed by atoms with Crippen LogP contribution in [-0.2, 0) is 57.6 Å². The maximum absolute atomic E-state index is 14.3. The fourth-order valence-electron chi connectivity index (χ4n) is 9.94. The van der Waals surface area contributed by atoms with Gasteiger partial charge in [-0.3, -0.25) is 25.8 Å². The number of carbonyl (C=O) groups is 4. The fraction of sp³-hybridized carbons (Fsp3) is 0.333. The van der Waals surface area contributed by atoms with Crippen molar-refractivity contribution in [2.75, 3.05) is 26.4 Å². The van der Waals surface area contributed by atoms with Crippen molar-refractivity contribution in [2.24, 2.45) is 0 Å². The molecular formula is C78H84BrClF12MgO12S. The van der Waals surface area contributed by atoms with E-state index in [2.05, 4.69) is 19.7 Å². The molecule has 28 heteroatoms. The SMILES string of the molecule is C=CC(O)c1cc(F)ccc1F.CCOC(=O)CC/C=C/c1cc(F)ccc1F.CCOC(C)(OCC)OCC.O=C(O)CCCCc1cc(F)ccc1F.O=C1CCCCc2c(F)ccc(F)c21.O=Cc1cc(F)ccc1F.O=S(=O)(c1ccc(Cl)cc1)C1CCCCc2c(F)ccc(F)c21.[Br-].[CH-]=C.[Mg+2]. The minimum atomic E-state index is -3.82. The number of halogens is 14. The van der Waals surface area contributed by atoms with E-state index < -0.39 is 103 Å². The quantitative estimate of drug-likeness (QED) is 0.00801. The number of carboxylic acid groups (broad SMARTS) is 1. The van der Waals surface area contributed by atoms with E-state index in [0.29, 0.717) is 101 Å². The van der Waals surface area contributed by atoms with Gasteiger partial charge in [-0.15, -0.1) is 6.58 Å². The van der Waals surface area contributed by atoms with Gasteiger partial charge >= 0.3 is 35.0 Å². The molecule has 2 atom stereocenters. The number of ether oxygens (including phenoxy) is 4. The largest absolute Gasteiger partial charge is 2.00 e. The number of sulfone groups is 1. The Balaban J connectivity index is 0.00000123. The Kier molecular flexibility index (Phi) is 48.8. The molecule has 0 saturated carbocycles. The van der Waals surface area contributed by atoms with E-state index in [4.69, 9.17) is 40.8 Å². The summed E-state index contributed by atoms with van der Waals surface area (Å²) in [6.45, 7) is 21.7. The van der Waals surface area contributed by atoms with Crippen LogP contribution in [0.1, 0.15) is 171 Å². The van der Waals surface area contributed by atoms with Crippen LogP contribution in [0.15, 0.2) is 152 Å². The number of unbranched alkanes of at least 4 members (excludes halogenated alkanes) is 1. The molecule has 12 nitrogen and oxygen atoms in total. The van der Waals surface area contributed by atoms with E-state index in [0.717, 1.165) is 110 Å². The van der Waals surface area contributed by atoms with Gasteiger partial charge in [0.15, 0.2) is 21.9 Å². The van der Waals surface area contributed by atoms with Crippen molar-refractivity contribution in [3.63, 3.8) is 0 Å². The van der Waals surface area contributed by atoms with Crippen molar-refractivity contribution < 1.29 is 126 Å². The van der Waals surface area contributed by atoms with Crippen LogP contribution in [0, 0.1) is 76.4 Å². The number of fused-ring (bicyclic) bond motifs is 2. The summed E-state index contributed by atoms with van der Waals surface area (Å²) in [6.07, 6.45) is 9.60. The molecule has 0 heterocycles. The van der Waals surface area contributed by atoms with Gasteiger partial charge in [0.1, 0.15) is 69.8 Å². The average Bonchev–Trinajstić information content (AvgIpc) is 1.31. The summed E-state index contributed by atoms with van der Waals surface area (Å²) in [6, 6.07) is 22.1. The monoisotopic (exact) mass is 1610 g/mol. The van der Waals surface area contributed by atoms with E-state index >= 15 is 0 Å². The minimum Gasteiger partial charge on any atom is -1.00 e. The molecule has 0 radical (unpaired) electrons. The molecule has 2 N–H and O–H groups in total. The number of rotatable bonds is 21. The summed E-state index contributed by atoms with van der Waals surface area (Å²) in [5, 5.41) is 16.8. The Morgan fingerprint density at radius 3 is 1.62 bits per heavy atom. The van der Waals surface area contributed by atoms with Crippen LogP contribution in [-0.4, -0.2) is 98.1 Å².